The summed E-state index contributed by atoms with van der Waals surface area (Å²) < 4.78 is 16.4. The monoisotopic (exact) mass is 430 g/mol. The molecule has 0 spiro atoms. The van der Waals surface area contributed by atoms with Crippen LogP contribution in [0.15, 0.2) is 84.9 Å². The van der Waals surface area contributed by atoms with Crippen LogP contribution in [0.25, 0.3) is 17.2 Å². The normalized spacial score (nSPS) is 11.9. The molecule has 0 N–H and O–H groups in total. The minimum Gasteiger partial charge on any atom is -0.490 e. The molecular weight excluding hydrogens is 400 g/mol. The molecule has 3 aromatic carbocycles. The lowest BCUT2D eigenvalue weighted by molar-refractivity contribution is -0.156. The zero-order valence-electron chi connectivity index (χ0n) is 18.7. The van der Waals surface area contributed by atoms with E-state index >= 15 is 0 Å². The molecule has 4 nitrogen and oxygen atoms in total. The average molecular weight is 431 g/mol. The van der Waals surface area contributed by atoms with Crippen LogP contribution in [0.5, 0.6) is 5.75 Å². The molecule has 3 aromatic rings. The highest BCUT2D eigenvalue weighted by molar-refractivity contribution is 5.75. The fraction of sp³-hybridized carbons (Fsp3) is 0.250. The molecule has 1 atom stereocenters. The van der Waals surface area contributed by atoms with E-state index in [1.54, 1.807) is 6.92 Å². The summed E-state index contributed by atoms with van der Waals surface area (Å²) in [5, 5.41) is 0. The smallest absolute Gasteiger partial charge is 0.335 e. The Morgan fingerprint density at radius 2 is 1.53 bits per heavy atom. The highest BCUT2D eigenvalue weighted by Crippen LogP contribution is 2.20. The van der Waals surface area contributed by atoms with Gasteiger partial charge in [-0.2, -0.15) is 0 Å². The molecule has 166 valence electrons. The van der Waals surface area contributed by atoms with Gasteiger partial charge < -0.3 is 14.2 Å². The zero-order valence-corrected chi connectivity index (χ0v) is 18.7. The van der Waals surface area contributed by atoms with Crippen molar-refractivity contribution in [2.75, 3.05) is 19.8 Å². The second-order valence-electron chi connectivity index (χ2n) is 7.25. The summed E-state index contributed by atoms with van der Waals surface area (Å²) in [5.74, 6) is 0.457. The Kier molecular flexibility index (Phi) is 9.08. The van der Waals surface area contributed by atoms with Gasteiger partial charge in [-0.05, 0) is 54.3 Å². The number of ether oxygens (including phenoxy) is 3. The summed E-state index contributed by atoms with van der Waals surface area (Å²) in [5.41, 5.74) is 4.54. The van der Waals surface area contributed by atoms with Gasteiger partial charge in [0, 0.05) is 13.0 Å². The SMILES string of the molecule is CCOC(=O)[C@@H](Cc1ccc(OC/C=C/c2ccc(-c3ccccc3)cc2)cc1)OCC. The maximum Gasteiger partial charge on any atom is 0.335 e. The summed E-state index contributed by atoms with van der Waals surface area (Å²) in [7, 11) is 0. The van der Waals surface area contributed by atoms with E-state index in [9.17, 15) is 4.79 Å². The van der Waals surface area contributed by atoms with Crippen molar-refractivity contribution in [3.8, 4) is 16.9 Å². The van der Waals surface area contributed by atoms with Crippen LogP contribution < -0.4 is 4.74 Å². The standard InChI is InChI=1S/C28H30O4/c1-3-30-27(28(29)31-4-2)21-23-14-18-26(19-15-23)32-20-8-9-22-12-16-25(17-13-22)24-10-6-5-7-11-24/h5-19,27H,3-4,20-21H2,1-2H3/b9-8+/t27-/m1/s1. The molecule has 0 heterocycles. The number of carbonyl (C=O) groups excluding carboxylic acids is 1. The second-order valence-corrected chi connectivity index (χ2v) is 7.25. The minimum absolute atomic E-state index is 0.323. The predicted molar refractivity (Wildman–Crippen MR) is 129 cm³/mol. The number of hydrogen-bond donors (Lipinski definition) is 0. The lowest BCUT2D eigenvalue weighted by Gasteiger charge is -2.15. The van der Waals surface area contributed by atoms with Crippen molar-refractivity contribution in [3.05, 3.63) is 96.1 Å². The lowest BCUT2D eigenvalue weighted by Crippen LogP contribution is -2.28. The number of esters is 1. The van der Waals surface area contributed by atoms with E-state index in [-0.39, 0.29) is 5.97 Å². The minimum atomic E-state index is -0.581. The first-order valence-electron chi connectivity index (χ1n) is 11.0. The van der Waals surface area contributed by atoms with E-state index in [1.807, 2.05) is 55.5 Å². The quantitative estimate of drug-likeness (QED) is 0.352. The van der Waals surface area contributed by atoms with Crippen LogP contribution in [0.1, 0.15) is 25.0 Å². The van der Waals surface area contributed by atoms with Gasteiger partial charge in [0.25, 0.3) is 0 Å². The maximum absolute atomic E-state index is 12.0. The van der Waals surface area contributed by atoms with Crippen LogP contribution in [0.4, 0.5) is 0 Å². The molecule has 0 unspecified atom stereocenters. The van der Waals surface area contributed by atoms with Crippen LogP contribution in [0, 0.1) is 0 Å². The predicted octanol–water partition coefficient (Wildman–Crippen LogP) is 5.96. The molecule has 0 radical (unpaired) electrons. The van der Waals surface area contributed by atoms with Gasteiger partial charge in [0.2, 0.25) is 0 Å². The third-order valence-corrected chi connectivity index (χ3v) is 4.94. The molecule has 0 fully saturated rings. The molecule has 0 amide bonds. The van der Waals surface area contributed by atoms with Crippen LogP contribution in [0.2, 0.25) is 0 Å². The van der Waals surface area contributed by atoms with E-state index in [4.69, 9.17) is 14.2 Å². The molecule has 3 rings (SSSR count). The number of carbonyl (C=O) groups is 1. The Labute approximate surface area is 190 Å². The number of benzene rings is 3. The molecule has 0 saturated carbocycles. The number of rotatable bonds is 11. The van der Waals surface area contributed by atoms with Crippen LogP contribution in [-0.4, -0.2) is 31.9 Å². The first-order chi connectivity index (χ1) is 15.7. The van der Waals surface area contributed by atoms with E-state index < -0.39 is 6.10 Å². The van der Waals surface area contributed by atoms with Gasteiger partial charge in [-0.3, -0.25) is 0 Å². The topological polar surface area (TPSA) is 44.8 Å². The summed E-state index contributed by atoms with van der Waals surface area (Å²) in [6.07, 6.45) is 3.95. The molecule has 0 aliphatic carbocycles. The van der Waals surface area contributed by atoms with Gasteiger partial charge >= 0.3 is 5.97 Å². The van der Waals surface area contributed by atoms with Crippen molar-refractivity contribution in [2.24, 2.45) is 0 Å². The van der Waals surface area contributed by atoms with E-state index in [1.165, 1.54) is 11.1 Å². The van der Waals surface area contributed by atoms with E-state index in [0.29, 0.717) is 26.2 Å². The second kappa shape index (κ2) is 12.5. The van der Waals surface area contributed by atoms with Crippen molar-refractivity contribution >= 4 is 12.0 Å². The van der Waals surface area contributed by atoms with Gasteiger partial charge in [0.15, 0.2) is 6.10 Å². The van der Waals surface area contributed by atoms with Crippen molar-refractivity contribution in [1.29, 1.82) is 0 Å². The molecule has 0 aliphatic heterocycles. The first-order valence-corrected chi connectivity index (χ1v) is 11.0. The van der Waals surface area contributed by atoms with Gasteiger partial charge in [-0.1, -0.05) is 72.8 Å². The highest BCUT2D eigenvalue weighted by Gasteiger charge is 2.20. The Hall–Kier alpha value is -3.37. The largest absolute Gasteiger partial charge is 0.490 e. The summed E-state index contributed by atoms with van der Waals surface area (Å²) >= 11 is 0. The molecule has 0 saturated heterocycles. The summed E-state index contributed by atoms with van der Waals surface area (Å²) in [6.45, 7) is 4.95. The molecule has 4 heteroatoms. The molecule has 32 heavy (non-hydrogen) atoms. The Morgan fingerprint density at radius 1 is 0.844 bits per heavy atom. The Bertz CT molecular complexity index is 976. The van der Waals surface area contributed by atoms with Crippen molar-refractivity contribution in [2.45, 2.75) is 26.4 Å². The van der Waals surface area contributed by atoms with Gasteiger partial charge in [0.1, 0.15) is 12.4 Å². The van der Waals surface area contributed by atoms with Crippen molar-refractivity contribution in [1.82, 2.24) is 0 Å². The Morgan fingerprint density at radius 3 is 2.19 bits per heavy atom. The Balaban J connectivity index is 1.48. The van der Waals surface area contributed by atoms with Crippen molar-refractivity contribution < 1.29 is 19.0 Å². The van der Waals surface area contributed by atoms with Gasteiger partial charge in [-0.15, -0.1) is 0 Å². The van der Waals surface area contributed by atoms with E-state index in [2.05, 4.69) is 42.5 Å². The van der Waals surface area contributed by atoms with Crippen LogP contribution >= 0.6 is 0 Å². The fourth-order valence-corrected chi connectivity index (χ4v) is 3.33. The maximum atomic E-state index is 12.0. The average Bonchev–Trinajstić information content (AvgIpc) is 2.83. The van der Waals surface area contributed by atoms with Gasteiger partial charge in [-0.25, -0.2) is 4.79 Å². The van der Waals surface area contributed by atoms with Crippen molar-refractivity contribution in [3.63, 3.8) is 0 Å². The third-order valence-electron chi connectivity index (χ3n) is 4.94. The number of hydrogen-bond acceptors (Lipinski definition) is 4. The molecule has 0 aromatic heterocycles. The molecule has 0 bridgehead atoms. The van der Waals surface area contributed by atoms with Gasteiger partial charge in [0.05, 0.1) is 6.61 Å². The zero-order chi connectivity index (χ0) is 22.6. The lowest BCUT2D eigenvalue weighted by atomic mass is 10.0. The third kappa shape index (κ3) is 7.10. The fourth-order valence-electron chi connectivity index (χ4n) is 3.33. The molecular formula is C28H30O4. The van der Waals surface area contributed by atoms with E-state index in [0.717, 1.165) is 16.9 Å². The first kappa shape index (κ1) is 23.3. The van der Waals surface area contributed by atoms with Crippen LogP contribution in [0.3, 0.4) is 0 Å². The summed E-state index contributed by atoms with van der Waals surface area (Å²) in [4.78, 5) is 12.0. The van der Waals surface area contributed by atoms with Crippen LogP contribution in [-0.2, 0) is 20.7 Å². The highest BCUT2D eigenvalue weighted by atomic mass is 16.6. The molecule has 0 aliphatic rings. The summed E-state index contributed by atoms with van der Waals surface area (Å²) in [6, 6.07) is 26.5.